The zero-order chi connectivity index (χ0) is 22.1. The van der Waals surface area contributed by atoms with Gasteiger partial charge in [0.1, 0.15) is 19.4 Å². The normalized spacial score (nSPS) is 10.7. The number of ether oxygens (including phenoxy) is 1. The molecule has 30 heavy (non-hydrogen) atoms. The fraction of sp³-hybridized carbons (Fsp3) is 0.400. The molecular weight excluding hydrogens is 376 g/mol. The summed E-state index contributed by atoms with van der Waals surface area (Å²) >= 11 is 0. The summed E-state index contributed by atoms with van der Waals surface area (Å²) in [6.07, 6.45) is 5.18. The van der Waals surface area contributed by atoms with Crippen LogP contribution in [0.25, 0.3) is 5.70 Å². The van der Waals surface area contributed by atoms with Crippen LogP contribution in [0.2, 0.25) is 0 Å². The summed E-state index contributed by atoms with van der Waals surface area (Å²) in [4.78, 5) is 12.1. The van der Waals surface area contributed by atoms with Crippen LogP contribution in [0.5, 0.6) is 5.75 Å². The van der Waals surface area contributed by atoms with Crippen molar-refractivity contribution in [2.24, 2.45) is 0 Å². The number of esters is 1. The van der Waals surface area contributed by atoms with Gasteiger partial charge in [0.2, 0.25) is 0 Å². The van der Waals surface area contributed by atoms with Crippen LogP contribution >= 0.6 is 0 Å². The number of carbonyl (C=O) groups is 1. The molecule has 0 saturated carbocycles. The van der Waals surface area contributed by atoms with Gasteiger partial charge in [-0.25, -0.2) is 4.39 Å². The Hall–Kier alpha value is -2.56. The number of benzene rings is 2. The molecule has 2 aromatic carbocycles. The summed E-state index contributed by atoms with van der Waals surface area (Å²) in [5.74, 6) is -0.775. The largest absolute Gasteiger partial charge is 0.427 e. The molecule has 0 heterocycles. The third-order valence-electron chi connectivity index (χ3n) is 5.36. The second-order valence-corrected chi connectivity index (χ2v) is 7.76. The highest BCUT2D eigenvalue weighted by molar-refractivity contribution is 6.34. The maximum absolute atomic E-state index is 13.8. The molecular formula is C25H31BFNO2. The number of hydrogen-bond donors (Lipinski definition) is 1. The number of rotatable bonds is 11. The van der Waals surface area contributed by atoms with Gasteiger partial charge in [-0.1, -0.05) is 50.1 Å². The topological polar surface area (TPSA) is 38.3 Å². The van der Waals surface area contributed by atoms with Gasteiger partial charge in [-0.05, 0) is 67.4 Å². The fourth-order valence-corrected chi connectivity index (χ4v) is 3.33. The third-order valence-corrected chi connectivity index (χ3v) is 5.36. The highest BCUT2D eigenvalue weighted by atomic mass is 19.1. The molecule has 0 spiro atoms. The Morgan fingerprint density at radius 3 is 2.47 bits per heavy atom. The number of hydrogen-bond acceptors (Lipinski definition) is 3. The lowest BCUT2D eigenvalue weighted by molar-refractivity contribution is -0.134. The van der Waals surface area contributed by atoms with Gasteiger partial charge < -0.3 is 10.1 Å². The van der Waals surface area contributed by atoms with E-state index < -0.39 is 5.82 Å². The van der Waals surface area contributed by atoms with E-state index in [1.54, 1.807) is 13.8 Å². The average molecular weight is 407 g/mol. The molecule has 158 valence electrons. The average Bonchev–Trinajstić information content (AvgIpc) is 2.71. The zero-order valence-electron chi connectivity index (χ0n) is 18.3. The number of halogens is 1. The van der Waals surface area contributed by atoms with Crippen molar-refractivity contribution in [3.8, 4) is 5.75 Å². The highest BCUT2D eigenvalue weighted by Crippen LogP contribution is 2.21. The molecule has 0 amide bonds. The minimum Gasteiger partial charge on any atom is -0.427 e. The van der Waals surface area contributed by atoms with Gasteiger partial charge in [-0.2, -0.15) is 0 Å². The number of nitrogens with one attached hydrogen (secondary N) is 1. The van der Waals surface area contributed by atoms with Gasteiger partial charge in [-0.15, -0.1) is 0 Å². The molecule has 0 saturated heterocycles. The molecule has 0 unspecified atom stereocenters. The molecule has 2 rings (SSSR count). The molecule has 3 nitrogen and oxygen atoms in total. The van der Waals surface area contributed by atoms with Crippen molar-refractivity contribution < 1.29 is 13.9 Å². The number of aryl methyl sites for hydroxylation is 2. The molecule has 0 aliphatic rings. The van der Waals surface area contributed by atoms with E-state index in [1.165, 1.54) is 11.6 Å². The van der Waals surface area contributed by atoms with Gasteiger partial charge in [0.15, 0.2) is 0 Å². The maximum Gasteiger partial charge on any atom is 0.311 e. The van der Waals surface area contributed by atoms with E-state index in [9.17, 15) is 9.18 Å². The third kappa shape index (κ3) is 6.75. The van der Waals surface area contributed by atoms with Crippen LogP contribution in [0.1, 0.15) is 60.8 Å². The SMILES string of the molecule is [B]c1c(F)cc(C)c(C)c1OC(=O)CCCCCCCNC(=C)c1ccccc1C. The maximum atomic E-state index is 13.8. The van der Waals surface area contributed by atoms with Gasteiger partial charge >= 0.3 is 5.97 Å². The zero-order valence-corrected chi connectivity index (χ0v) is 18.3. The Kier molecular flexibility index (Phi) is 9.16. The second kappa shape index (κ2) is 11.6. The first-order chi connectivity index (χ1) is 14.3. The van der Waals surface area contributed by atoms with Crippen molar-refractivity contribution in [3.05, 3.63) is 65.0 Å². The number of unbranched alkanes of at least 4 members (excludes halogenated alkanes) is 4. The molecule has 0 aromatic heterocycles. The molecule has 1 N–H and O–H groups in total. The van der Waals surface area contributed by atoms with Crippen LogP contribution in [-0.4, -0.2) is 20.4 Å². The van der Waals surface area contributed by atoms with Crippen LogP contribution < -0.4 is 15.5 Å². The Balaban J connectivity index is 1.61. The van der Waals surface area contributed by atoms with E-state index in [1.807, 2.05) is 12.1 Å². The molecule has 2 radical (unpaired) electrons. The summed E-state index contributed by atoms with van der Waals surface area (Å²) in [6, 6.07) is 9.55. The minimum atomic E-state index is -0.556. The molecule has 2 aromatic rings. The van der Waals surface area contributed by atoms with Gasteiger partial charge in [0, 0.05) is 18.7 Å². The van der Waals surface area contributed by atoms with Crippen molar-refractivity contribution in [1.29, 1.82) is 0 Å². The lowest BCUT2D eigenvalue weighted by atomic mass is 9.90. The van der Waals surface area contributed by atoms with Crippen molar-refractivity contribution >= 4 is 25.0 Å². The Labute approximate surface area is 181 Å². The van der Waals surface area contributed by atoms with Crippen molar-refractivity contribution in [3.63, 3.8) is 0 Å². The second-order valence-electron chi connectivity index (χ2n) is 7.76. The molecule has 0 atom stereocenters. The van der Waals surface area contributed by atoms with Gasteiger partial charge in [0.05, 0.1) is 0 Å². The monoisotopic (exact) mass is 407 g/mol. The predicted molar refractivity (Wildman–Crippen MR) is 123 cm³/mol. The van der Waals surface area contributed by atoms with Gasteiger partial charge in [-0.3, -0.25) is 4.79 Å². The quantitative estimate of drug-likeness (QED) is 0.245. The Morgan fingerprint density at radius 1 is 1.07 bits per heavy atom. The lowest BCUT2D eigenvalue weighted by Gasteiger charge is -2.14. The van der Waals surface area contributed by atoms with E-state index in [4.69, 9.17) is 12.6 Å². The number of carbonyl (C=O) groups excluding carboxylic acids is 1. The Bertz CT molecular complexity index is 869. The first-order valence-electron chi connectivity index (χ1n) is 10.6. The summed E-state index contributed by atoms with van der Waals surface area (Å²) in [7, 11) is 5.73. The van der Waals surface area contributed by atoms with Crippen LogP contribution in [-0.2, 0) is 4.79 Å². The van der Waals surface area contributed by atoms with Crippen LogP contribution in [0, 0.1) is 26.6 Å². The van der Waals surface area contributed by atoms with E-state index in [-0.39, 0.29) is 17.2 Å². The van der Waals surface area contributed by atoms with Gasteiger partial charge in [0.25, 0.3) is 0 Å². The highest BCUT2D eigenvalue weighted by Gasteiger charge is 2.14. The molecule has 0 aliphatic heterocycles. The molecule has 5 heteroatoms. The van der Waals surface area contributed by atoms with E-state index >= 15 is 0 Å². The standard InChI is InChI=1S/C25H31BFNO2/c1-17-12-9-10-13-21(17)20(4)28-15-11-7-5-6-8-14-23(29)30-25-19(3)18(2)16-22(27)24(25)26/h9-10,12-13,16,28H,4-8,11,14-15H2,1-3H3. The van der Waals surface area contributed by atoms with Crippen molar-refractivity contribution in [1.82, 2.24) is 5.32 Å². The van der Waals surface area contributed by atoms with E-state index in [0.717, 1.165) is 49.9 Å². The Morgan fingerprint density at radius 2 is 1.73 bits per heavy atom. The summed E-state index contributed by atoms with van der Waals surface area (Å²) < 4.78 is 19.1. The first kappa shape index (κ1) is 23.7. The van der Waals surface area contributed by atoms with E-state index in [2.05, 4.69) is 31.0 Å². The summed E-state index contributed by atoms with van der Waals surface area (Å²) in [5, 5.41) is 3.38. The molecule has 0 aliphatic carbocycles. The van der Waals surface area contributed by atoms with E-state index in [0.29, 0.717) is 17.5 Å². The van der Waals surface area contributed by atoms with Crippen molar-refractivity contribution in [2.45, 2.75) is 59.3 Å². The summed E-state index contributed by atoms with van der Waals surface area (Å²) in [5.41, 5.74) is 4.63. The minimum absolute atomic E-state index is 0.105. The first-order valence-corrected chi connectivity index (χ1v) is 10.6. The van der Waals surface area contributed by atoms with Crippen LogP contribution in [0.3, 0.4) is 0 Å². The van der Waals surface area contributed by atoms with Crippen molar-refractivity contribution in [2.75, 3.05) is 6.54 Å². The van der Waals surface area contributed by atoms with Crippen LogP contribution in [0.4, 0.5) is 4.39 Å². The van der Waals surface area contributed by atoms with Crippen LogP contribution in [0.15, 0.2) is 36.9 Å². The predicted octanol–water partition coefficient (Wildman–Crippen LogP) is 5.05. The lowest BCUT2D eigenvalue weighted by Crippen LogP contribution is -2.20. The smallest absolute Gasteiger partial charge is 0.311 e. The fourth-order valence-electron chi connectivity index (χ4n) is 3.33. The summed E-state index contributed by atoms with van der Waals surface area (Å²) in [6.45, 7) is 10.6. The molecule has 0 fully saturated rings. The molecule has 0 bridgehead atoms.